The molecule has 0 radical (unpaired) electrons. The zero-order valence-electron chi connectivity index (χ0n) is 22.4. The van der Waals surface area contributed by atoms with Crippen molar-refractivity contribution in [2.75, 3.05) is 13.1 Å². The molecule has 196 valence electrons. The highest BCUT2D eigenvalue weighted by molar-refractivity contribution is 6.03. The van der Waals surface area contributed by atoms with Crippen LogP contribution in [0.3, 0.4) is 0 Å². The van der Waals surface area contributed by atoms with Gasteiger partial charge in [-0.2, -0.15) is 5.10 Å². The number of rotatable bonds is 8. The molecule has 0 saturated carbocycles. The van der Waals surface area contributed by atoms with Gasteiger partial charge in [0.15, 0.2) is 0 Å². The van der Waals surface area contributed by atoms with Gasteiger partial charge in [0.1, 0.15) is 23.7 Å². The van der Waals surface area contributed by atoms with Gasteiger partial charge in [-0.3, -0.25) is 14.5 Å². The quantitative estimate of drug-likeness (QED) is 0.337. The van der Waals surface area contributed by atoms with Crippen LogP contribution in [-0.4, -0.2) is 49.4 Å². The number of pyridine rings is 1. The van der Waals surface area contributed by atoms with Crippen molar-refractivity contribution in [1.82, 2.24) is 19.7 Å². The third-order valence-electron chi connectivity index (χ3n) is 6.75. The predicted molar refractivity (Wildman–Crippen MR) is 148 cm³/mol. The minimum absolute atomic E-state index is 0.133. The fourth-order valence-electron chi connectivity index (χ4n) is 4.79. The Kier molecular flexibility index (Phi) is 7.04. The normalized spacial score (nSPS) is 13.6. The van der Waals surface area contributed by atoms with Crippen LogP contribution in [0.1, 0.15) is 55.2 Å². The summed E-state index contributed by atoms with van der Waals surface area (Å²) in [4.78, 5) is 19.5. The van der Waals surface area contributed by atoms with Crippen LogP contribution in [-0.2, 0) is 13.2 Å². The molecule has 38 heavy (non-hydrogen) atoms. The number of carbonyl (C=O) groups excluding carboxylic acids is 1. The summed E-state index contributed by atoms with van der Waals surface area (Å²) < 4.78 is 7.84. The second-order valence-corrected chi connectivity index (χ2v) is 10.8. The number of fused-ring (bicyclic) bond motifs is 1. The molecular weight excluding hydrogens is 476 g/mol. The van der Waals surface area contributed by atoms with Crippen LogP contribution in [0, 0.1) is 0 Å². The van der Waals surface area contributed by atoms with E-state index >= 15 is 0 Å². The number of hydrogen-bond acceptors (Lipinski definition) is 5. The van der Waals surface area contributed by atoms with Crippen molar-refractivity contribution in [1.29, 1.82) is 0 Å². The van der Waals surface area contributed by atoms with Gasteiger partial charge in [0.05, 0.1) is 12.1 Å². The molecule has 0 spiro atoms. The van der Waals surface area contributed by atoms with E-state index in [-0.39, 0.29) is 12.5 Å². The molecule has 5 rings (SSSR count). The van der Waals surface area contributed by atoms with E-state index in [9.17, 15) is 9.90 Å². The van der Waals surface area contributed by atoms with Crippen LogP contribution in [0.4, 0.5) is 0 Å². The maximum atomic E-state index is 13.6. The Morgan fingerprint density at radius 3 is 2.26 bits per heavy atom. The lowest BCUT2D eigenvalue weighted by Gasteiger charge is -2.32. The molecule has 0 aliphatic carbocycles. The summed E-state index contributed by atoms with van der Waals surface area (Å²) in [6, 6.07) is 20.1. The first kappa shape index (κ1) is 25.7. The highest BCUT2D eigenvalue weighted by Gasteiger charge is 2.34. The Hall–Kier alpha value is -3.97. The molecule has 2 aromatic carbocycles. The lowest BCUT2D eigenvalue weighted by atomic mass is 9.97. The molecule has 4 aromatic rings. The SMILES string of the molecule is CC(C)c1ccc(COc2ccc(-c3c(-c4ccncc4)nn4c3C(=O)N(CC(C)(C)O)CC4)cc2)cc1. The molecule has 0 saturated heterocycles. The van der Waals surface area contributed by atoms with Crippen molar-refractivity contribution >= 4 is 5.91 Å². The van der Waals surface area contributed by atoms with E-state index in [0.29, 0.717) is 31.3 Å². The molecule has 0 fully saturated rings. The van der Waals surface area contributed by atoms with Crippen LogP contribution in [0.25, 0.3) is 22.4 Å². The Bertz CT molecular complexity index is 1400. The van der Waals surface area contributed by atoms with Crippen LogP contribution in [0.5, 0.6) is 5.75 Å². The largest absolute Gasteiger partial charge is 0.489 e. The van der Waals surface area contributed by atoms with Crippen LogP contribution in [0.15, 0.2) is 73.1 Å². The van der Waals surface area contributed by atoms with E-state index in [0.717, 1.165) is 33.7 Å². The van der Waals surface area contributed by atoms with E-state index in [1.165, 1.54) is 5.56 Å². The third kappa shape index (κ3) is 5.48. The topological polar surface area (TPSA) is 80.5 Å². The Labute approximate surface area is 223 Å². The molecule has 0 atom stereocenters. The predicted octanol–water partition coefficient (Wildman–Crippen LogP) is 5.54. The van der Waals surface area contributed by atoms with E-state index in [4.69, 9.17) is 9.84 Å². The van der Waals surface area contributed by atoms with Gasteiger partial charge in [-0.15, -0.1) is 0 Å². The first-order valence-corrected chi connectivity index (χ1v) is 13.0. The van der Waals surface area contributed by atoms with Gasteiger partial charge < -0.3 is 14.7 Å². The molecule has 3 heterocycles. The maximum absolute atomic E-state index is 13.6. The second-order valence-electron chi connectivity index (χ2n) is 10.8. The van der Waals surface area contributed by atoms with Gasteiger partial charge in [0.25, 0.3) is 5.91 Å². The van der Waals surface area contributed by atoms with Gasteiger partial charge in [-0.05, 0) is 60.7 Å². The molecule has 2 aromatic heterocycles. The molecule has 1 aliphatic rings. The zero-order chi connectivity index (χ0) is 26.9. The van der Waals surface area contributed by atoms with E-state index in [2.05, 4.69) is 43.1 Å². The van der Waals surface area contributed by atoms with E-state index in [1.807, 2.05) is 36.4 Å². The van der Waals surface area contributed by atoms with Crippen molar-refractivity contribution in [3.8, 4) is 28.1 Å². The number of carbonyl (C=O) groups is 1. The van der Waals surface area contributed by atoms with Crippen molar-refractivity contribution in [2.24, 2.45) is 0 Å². The third-order valence-corrected chi connectivity index (χ3v) is 6.75. The summed E-state index contributed by atoms with van der Waals surface area (Å²) in [5.41, 5.74) is 5.25. The van der Waals surface area contributed by atoms with Crippen molar-refractivity contribution in [3.63, 3.8) is 0 Å². The molecule has 0 unspecified atom stereocenters. The Balaban J connectivity index is 1.45. The summed E-state index contributed by atoms with van der Waals surface area (Å²) >= 11 is 0. The zero-order valence-corrected chi connectivity index (χ0v) is 22.4. The average Bonchev–Trinajstić information content (AvgIpc) is 3.30. The summed E-state index contributed by atoms with van der Waals surface area (Å²) in [6.45, 7) is 9.59. The number of hydrogen-bond donors (Lipinski definition) is 1. The van der Waals surface area contributed by atoms with Gasteiger partial charge >= 0.3 is 0 Å². The minimum Gasteiger partial charge on any atom is -0.489 e. The maximum Gasteiger partial charge on any atom is 0.272 e. The van der Waals surface area contributed by atoms with Crippen molar-refractivity contribution in [3.05, 3.63) is 89.9 Å². The van der Waals surface area contributed by atoms with Gasteiger partial charge in [0, 0.05) is 36.6 Å². The summed E-state index contributed by atoms with van der Waals surface area (Å²) in [6.07, 6.45) is 3.45. The number of aromatic nitrogens is 3. The number of amides is 1. The van der Waals surface area contributed by atoms with E-state index in [1.54, 1.807) is 35.8 Å². The number of nitrogens with zero attached hydrogens (tertiary/aromatic N) is 4. The standard InChI is InChI=1S/C31H34N4O3/c1-21(2)23-7-5-22(6-8-23)19-38-26-11-9-24(10-12-26)27-28(25-13-15-32-16-14-25)33-35-18-17-34(20-31(3,4)37)30(36)29(27)35/h5-16,21,37H,17-20H2,1-4H3. The lowest BCUT2D eigenvalue weighted by Crippen LogP contribution is -2.47. The van der Waals surface area contributed by atoms with Crippen LogP contribution >= 0.6 is 0 Å². The molecule has 0 bridgehead atoms. The number of β-amino-alcohol motifs (C(OH)–C–C–N with tert-alkyl or cyclic N) is 1. The van der Waals surface area contributed by atoms with Gasteiger partial charge in [0.2, 0.25) is 0 Å². The molecular formula is C31H34N4O3. The number of benzene rings is 2. The highest BCUT2D eigenvalue weighted by atomic mass is 16.5. The first-order chi connectivity index (χ1) is 18.2. The summed E-state index contributed by atoms with van der Waals surface area (Å²) in [7, 11) is 0. The Morgan fingerprint density at radius 1 is 0.947 bits per heavy atom. The molecule has 1 aliphatic heterocycles. The highest BCUT2D eigenvalue weighted by Crippen LogP contribution is 2.37. The van der Waals surface area contributed by atoms with Crippen molar-refractivity contribution in [2.45, 2.75) is 52.4 Å². The van der Waals surface area contributed by atoms with E-state index < -0.39 is 5.60 Å². The molecule has 1 amide bonds. The minimum atomic E-state index is -0.986. The van der Waals surface area contributed by atoms with Crippen LogP contribution in [0.2, 0.25) is 0 Å². The smallest absolute Gasteiger partial charge is 0.272 e. The average molecular weight is 511 g/mol. The fourth-order valence-corrected chi connectivity index (χ4v) is 4.79. The summed E-state index contributed by atoms with van der Waals surface area (Å²) in [5, 5.41) is 15.2. The second kappa shape index (κ2) is 10.4. The van der Waals surface area contributed by atoms with Crippen LogP contribution < -0.4 is 4.74 Å². The number of aliphatic hydroxyl groups is 1. The Morgan fingerprint density at radius 2 is 1.63 bits per heavy atom. The van der Waals surface area contributed by atoms with Crippen molar-refractivity contribution < 1.29 is 14.6 Å². The fraction of sp³-hybridized carbons (Fsp3) is 0.323. The lowest BCUT2D eigenvalue weighted by molar-refractivity contribution is 0.0251. The van der Waals surface area contributed by atoms with Gasteiger partial charge in [-0.25, -0.2) is 0 Å². The van der Waals surface area contributed by atoms with Gasteiger partial charge in [-0.1, -0.05) is 50.2 Å². The molecule has 7 heteroatoms. The molecule has 1 N–H and O–H groups in total. The number of ether oxygens (including phenoxy) is 1. The monoisotopic (exact) mass is 510 g/mol. The summed E-state index contributed by atoms with van der Waals surface area (Å²) in [5.74, 6) is 1.12. The molecule has 7 nitrogen and oxygen atoms in total. The first-order valence-electron chi connectivity index (χ1n) is 13.0.